The van der Waals surface area contributed by atoms with Gasteiger partial charge < -0.3 is 4.98 Å². The standard InChI is InChI=1S/C14H10F3N3/c1-8-6-9(4-5-18-8)13-19-11-3-2-10(14(15,16)17)7-12(11)20-13/h2-7H,1H3,(H,19,20). The number of pyridine rings is 1. The molecular weight excluding hydrogens is 267 g/mol. The second-order valence-electron chi connectivity index (χ2n) is 4.50. The molecule has 6 heteroatoms. The number of aryl methyl sites for hydroxylation is 1. The highest BCUT2D eigenvalue weighted by Gasteiger charge is 2.30. The van der Waals surface area contributed by atoms with Crippen molar-refractivity contribution in [3.05, 3.63) is 47.8 Å². The molecular formula is C14H10F3N3. The maximum Gasteiger partial charge on any atom is 0.416 e. The minimum atomic E-state index is -4.35. The molecule has 20 heavy (non-hydrogen) atoms. The summed E-state index contributed by atoms with van der Waals surface area (Å²) in [4.78, 5) is 11.3. The van der Waals surface area contributed by atoms with Crippen molar-refractivity contribution >= 4 is 11.0 Å². The first-order chi connectivity index (χ1) is 9.43. The first-order valence-corrected chi connectivity index (χ1v) is 5.93. The van der Waals surface area contributed by atoms with Gasteiger partial charge in [0.15, 0.2) is 0 Å². The van der Waals surface area contributed by atoms with Gasteiger partial charge >= 0.3 is 6.18 Å². The minimum Gasteiger partial charge on any atom is -0.338 e. The molecule has 0 atom stereocenters. The Kier molecular flexibility index (Phi) is 2.74. The summed E-state index contributed by atoms with van der Waals surface area (Å²) in [5, 5.41) is 0. The molecule has 3 rings (SSSR count). The summed E-state index contributed by atoms with van der Waals surface area (Å²) in [5.74, 6) is 0.532. The van der Waals surface area contributed by atoms with Crippen molar-refractivity contribution in [3.8, 4) is 11.4 Å². The summed E-state index contributed by atoms with van der Waals surface area (Å²) in [6, 6.07) is 7.05. The third kappa shape index (κ3) is 2.24. The highest BCUT2D eigenvalue weighted by molar-refractivity contribution is 5.80. The maximum absolute atomic E-state index is 12.7. The molecule has 0 aliphatic rings. The molecule has 0 aliphatic carbocycles. The Morgan fingerprint density at radius 2 is 1.90 bits per heavy atom. The number of nitrogens with zero attached hydrogens (tertiary/aromatic N) is 2. The van der Waals surface area contributed by atoms with E-state index in [1.54, 1.807) is 12.3 Å². The molecule has 2 heterocycles. The van der Waals surface area contributed by atoms with Crippen LogP contribution in [0.2, 0.25) is 0 Å². The van der Waals surface area contributed by atoms with Crippen LogP contribution < -0.4 is 0 Å². The van der Waals surface area contributed by atoms with Gasteiger partial charge in [0.1, 0.15) is 5.82 Å². The number of imidazole rings is 1. The van der Waals surface area contributed by atoms with E-state index < -0.39 is 11.7 Å². The van der Waals surface area contributed by atoms with Crippen molar-refractivity contribution in [1.82, 2.24) is 15.0 Å². The van der Waals surface area contributed by atoms with Crippen LogP contribution >= 0.6 is 0 Å². The fourth-order valence-corrected chi connectivity index (χ4v) is 2.02. The number of aromatic nitrogens is 3. The summed E-state index contributed by atoms with van der Waals surface area (Å²) in [6.45, 7) is 1.84. The third-order valence-electron chi connectivity index (χ3n) is 2.98. The summed E-state index contributed by atoms with van der Waals surface area (Å²) in [7, 11) is 0. The topological polar surface area (TPSA) is 41.6 Å². The van der Waals surface area contributed by atoms with Crippen molar-refractivity contribution in [2.45, 2.75) is 13.1 Å². The van der Waals surface area contributed by atoms with Gasteiger partial charge in [-0.05, 0) is 37.3 Å². The monoisotopic (exact) mass is 277 g/mol. The lowest BCUT2D eigenvalue weighted by atomic mass is 10.2. The van der Waals surface area contributed by atoms with Gasteiger partial charge in [0, 0.05) is 17.5 Å². The predicted octanol–water partition coefficient (Wildman–Crippen LogP) is 3.95. The van der Waals surface area contributed by atoms with Crippen LogP contribution in [0, 0.1) is 6.92 Å². The van der Waals surface area contributed by atoms with Crippen LogP contribution in [0.15, 0.2) is 36.5 Å². The molecule has 3 aromatic rings. The number of fused-ring (bicyclic) bond motifs is 1. The SMILES string of the molecule is Cc1cc(-c2nc3ccc(C(F)(F)F)cc3[nH]2)ccn1. The zero-order valence-corrected chi connectivity index (χ0v) is 10.5. The molecule has 3 nitrogen and oxygen atoms in total. The van der Waals surface area contributed by atoms with E-state index in [9.17, 15) is 13.2 Å². The second-order valence-corrected chi connectivity index (χ2v) is 4.50. The number of alkyl halides is 3. The van der Waals surface area contributed by atoms with E-state index in [4.69, 9.17) is 0 Å². The van der Waals surface area contributed by atoms with Gasteiger partial charge in [-0.25, -0.2) is 4.98 Å². The summed E-state index contributed by atoms with van der Waals surface area (Å²) in [6.07, 6.45) is -2.72. The molecule has 0 radical (unpaired) electrons. The van der Waals surface area contributed by atoms with Gasteiger partial charge in [-0.15, -0.1) is 0 Å². The second kappa shape index (κ2) is 4.33. The molecule has 0 spiro atoms. The number of halogens is 3. The zero-order valence-electron chi connectivity index (χ0n) is 10.5. The summed E-state index contributed by atoms with van der Waals surface area (Å²) < 4.78 is 38.0. The normalized spacial score (nSPS) is 12.0. The van der Waals surface area contributed by atoms with Crippen LogP contribution in [0.1, 0.15) is 11.3 Å². The van der Waals surface area contributed by atoms with E-state index in [1.807, 2.05) is 13.0 Å². The van der Waals surface area contributed by atoms with Gasteiger partial charge in [0.05, 0.1) is 16.6 Å². The fourth-order valence-electron chi connectivity index (χ4n) is 2.02. The Morgan fingerprint density at radius 3 is 2.60 bits per heavy atom. The summed E-state index contributed by atoms with van der Waals surface area (Å²) >= 11 is 0. The Bertz CT molecular complexity index is 775. The Hall–Kier alpha value is -2.37. The molecule has 2 aromatic heterocycles. The van der Waals surface area contributed by atoms with Crippen LogP contribution in [-0.2, 0) is 6.18 Å². The predicted molar refractivity (Wildman–Crippen MR) is 69.1 cm³/mol. The Labute approximate surface area is 112 Å². The fraction of sp³-hybridized carbons (Fsp3) is 0.143. The van der Waals surface area contributed by atoms with Gasteiger partial charge in [0.25, 0.3) is 0 Å². The van der Waals surface area contributed by atoms with E-state index >= 15 is 0 Å². The average molecular weight is 277 g/mol. The van der Waals surface area contributed by atoms with Gasteiger partial charge in [-0.2, -0.15) is 13.2 Å². The van der Waals surface area contributed by atoms with Crippen molar-refractivity contribution < 1.29 is 13.2 Å². The molecule has 1 aromatic carbocycles. The third-order valence-corrected chi connectivity index (χ3v) is 2.98. The van der Waals surface area contributed by atoms with Crippen LogP contribution in [0.4, 0.5) is 13.2 Å². The molecule has 0 saturated heterocycles. The number of hydrogen-bond donors (Lipinski definition) is 1. The molecule has 0 aliphatic heterocycles. The van der Waals surface area contributed by atoms with Crippen LogP contribution in [-0.4, -0.2) is 15.0 Å². The quantitative estimate of drug-likeness (QED) is 0.731. The Morgan fingerprint density at radius 1 is 1.10 bits per heavy atom. The van der Waals surface area contributed by atoms with Crippen molar-refractivity contribution in [1.29, 1.82) is 0 Å². The number of hydrogen-bond acceptors (Lipinski definition) is 2. The first-order valence-electron chi connectivity index (χ1n) is 5.93. The molecule has 1 N–H and O–H groups in total. The molecule has 0 fully saturated rings. The lowest BCUT2D eigenvalue weighted by Crippen LogP contribution is -2.04. The number of nitrogens with one attached hydrogen (secondary N) is 1. The Balaban J connectivity index is 2.11. The number of aromatic amines is 1. The smallest absolute Gasteiger partial charge is 0.338 e. The van der Waals surface area contributed by atoms with E-state index in [0.29, 0.717) is 16.9 Å². The summed E-state index contributed by atoms with van der Waals surface area (Å²) in [5.41, 5.74) is 1.79. The van der Waals surface area contributed by atoms with E-state index in [1.165, 1.54) is 6.07 Å². The molecule has 102 valence electrons. The van der Waals surface area contributed by atoms with E-state index in [2.05, 4.69) is 15.0 Å². The molecule has 0 saturated carbocycles. The lowest BCUT2D eigenvalue weighted by Gasteiger charge is -2.05. The van der Waals surface area contributed by atoms with Crippen LogP contribution in [0.5, 0.6) is 0 Å². The minimum absolute atomic E-state index is 0.365. The van der Waals surface area contributed by atoms with Crippen molar-refractivity contribution in [2.75, 3.05) is 0 Å². The van der Waals surface area contributed by atoms with Gasteiger partial charge in [0.2, 0.25) is 0 Å². The zero-order chi connectivity index (χ0) is 14.3. The number of rotatable bonds is 1. The van der Waals surface area contributed by atoms with Crippen LogP contribution in [0.3, 0.4) is 0 Å². The maximum atomic E-state index is 12.7. The highest BCUT2D eigenvalue weighted by Crippen LogP contribution is 2.31. The molecule has 0 bridgehead atoms. The largest absolute Gasteiger partial charge is 0.416 e. The number of benzene rings is 1. The first kappa shape index (κ1) is 12.7. The van der Waals surface area contributed by atoms with E-state index in [0.717, 1.165) is 23.4 Å². The molecule has 0 unspecified atom stereocenters. The van der Waals surface area contributed by atoms with Crippen molar-refractivity contribution in [2.24, 2.45) is 0 Å². The lowest BCUT2D eigenvalue weighted by molar-refractivity contribution is -0.137. The van der Waals surface area contributed by atoms with Crippen molar-refractivity contribution in [3.63, 3.8) is 0 Å². The molecule has 0 amide bonds. The average Bonchev–Trinajstić information content (AvgIpc) is 2.80. The van der Waals surface area contributed by atoms with E-state index in [-0.39, 0.29) is 0 Å². The van der Waals surface area contributed by atoms with Gasteiger partial charge in [-0.1, -0.05) is 0 Å². The van der Waals surface area contributed by atoms with Crippen LogP contribution in [0.25, 0.3) is 22.4 Å². The number of H-pyrrole nitrogens is 1. The van der Waals surface area contributed by atoms with Gasteiger partial charge in [-0.3, -0.25) is 4.98 Å². The highest BCUT2D eigenvalue weighted by atomic mass is 19.4.